The Kier molecular flexibility index (Phi) is 7.92. The molecule has 2 aromatic rings. The zero-order chi connectivity index (χ0) is 20.5. The number of halogens is 2. The predicted octanol–water partition coefficient (Wildman–Crippen LogP) is 3.40. The molecule has 0 heterocycles. The lowest BCUT2D eigenvalue weighted by molar-refractivity contribution is -0.123. The fourth-order valence-corrected chi connectivity index (χ4v) is 2.63. The summed E-state index contributed by atoms with van der Waals surface area (Å²) in [5.74, 6) is -0.564. The third kappa shape index (κ3) is 6.64. The maximum atomic E-state index is 12.5. The Hall–Kier alpha value is -2.96. The number of carbonyl (C=O) groups excluding carboxylic acids is 2. The van der Waals surface area contributed by atoms with E-state index in [9.17, 15) is 18.4 Å². The first-order chi connectivity index (χ1) is 13.4. The molecular formula is C21H24F2N2O3. The van der Waals surface area contributed by atoms with Gasteiger partial charge in [-0.05, 0) is 42.2 Å². The first kappa shape index (κ1) is 21.3. The van der Waals surface area contributed by atoms with Gasteiger partial charge in [0.15, 0.2) is 0 Å². The van der Waals surface area contributed by atoms with Gasteiger partial charge in [-0.3, -0.25) is 9.59 Å². The van der Waals surface area contributed by atoms with Gasteiger partial charge in [0.05, 0.1) is 0 Å². The van der Waals surface area contributed by atoms with Crippen LogP contribution in [0.15, 0.2) is 54.6 Å². The molecule has 1 unspecified atom stereocenters. The lowest BCUT2D eigenvalue weighted by Gasteiger charge is -2.21. The summed E-state index contributed by atoms with van der Waals surface area (Å²) in [6.45, 7) is 1.22. The maximum absolute atomic E-state index is 12.5. The van der Waals surface area contributed by atoms with Crippen LogP contribution >= 0.6 is 0 Å². The number of alkyl halides is 2. The molecule has 0 fully saturated rings. The van der Waals surface area contributed by atoms with E-state index in [0.717, 1.165) is 5.56 Å². The van der Waals surface area contributed by atoms with Crippen LogP contribution in [-0.4, -0.2) is 31.0 Å². The molecule has 2 N–H and O–H groups in total. The Morgan fingerprint density at radius 2 is 1.64 bits per heavy atom. The fraction of sp³-hybridized carbons (Fsp3) is 0.333. The molecule has 0 aromatic heterocycles. The van der Waals surface area contributed by atoms with Crippen molar-refractivity contribution in [1.82, 2.24) is 10.6 Å². The average Bonchev–Trinajstić information content (AvgIpc) is 2.67. The molecule has 1 atom stereocenters. The molecule has 0 radical (unpaired) electrons. The van der Waals surface area contributed by atoms with Gasteiger partial charge in [-0.15, -0.1) is 0 Å². The van der Waals surface area contributed by atoms with Crippen molar-refractivity contribution in [3.8, 4) is 5.75 Å². The smallest absolute Gasteiger partial charge is 0.387 e. The Labute approximate surface area is 163 Å². The zero-order valence-corrected chi connectivity index (χ0v) is 15.8. The van der Waals surface area contributed by atoms with E-state index in [1.165, 1.54) is 12.1 Å². The van der Waals surface area contributed by atoms with E-state index in [1.54, 1.807) is 36.4 Å². The lowest BCUT2D eigenvalue weighted by Crippen LogP contribution is -2.50. The number of amides is 2. The quantitative estimate of drug-likeness (QED) is 0.690. The number of hydrogen-bond donors (Lipinski definition) is 2. The number of hydrogen-bond acceptors (Lipinski definition) is 3. The molecule has 0 aliphatic heterocycles. The Balaban J connectivity index is 1.86. The summed E-state index contributed by atoms with van der Waals surface area (Å²) in [4.78, 5) is 24.8. The van der Waals surface area contributed by atoms with Crippen molar-refractivity contribution in [3.05, 3.63) is 65.7 Å². The summed E-state index contributed by atoms with van der Waals surface area (Å²) in [6, 6.07) is 14.3. The second-order valence-electron chi connectivity index (χ2n) is 6.62. The SMILES string of the molecule is CC(C)C(NC(=O)c1ccccc1)C(=O)NCCc1ccc(OC(F)F)cc1. The van der Waals surface area contributed by atoms with Gasteiger partial charge in [-0.2, -0.15) is 8.78 Å². The van der Waals surface area contributed by atoms with Crippen molar-refractivity contribution in [2.75, 3.05) is 6.54 Å². The molecule has 5 nitrogen and oxygen atoms in total. The molecule has 0 aliphatic carbocycles. The molecule has 2 aromatic carbocycles. The zero-order valence-electron chi connectivity index (χ0n) is 15.8. The van der Waals surface area contributed by atoms with Crippen molar-refractivity contribution in [3.63, 3.8) is 0 Å². The van der Waals surface area contributed by atoms with E-state index < -0.39 is 12.7 Å². The highest BCUT2D eigenvalue weighted by Gasteiger charge is 2.24. The van der Waals surface area contributed by atoms with Gasteiger partial charge in [0.2, 0.25) is 5.91 Å². The summed E-state index contributed by atoms with van der Waals surface area (Å²) in [6.07, 6.45) is 0.526. The topological polar surface area (TPSA) is 67.4 Å². The van der Waals surface area contributed by atoms with Gasteiger partial charge in [-0.25, -0.2) is 0 Å². The van der Waals surface area contributed by atoms with Gasteiger partial charge < -0.3 is 15.4 Å². The third-order valence-corrected chi connectivity index (χ3v) is 4.13. The van der Waals surface area contributed by atoms with Crippen LogP contribution in [0.2, 0.25) is 0 Å². The van der Waals surface area contributed by atoms with E-state index in [1.807, 2.05) is 19.9 Å². The molecular weight excluding hydrogens is 366 g/mol. The Bertz CT molecular complexity index is 765. The highest BCUT2D eigenvalue weighted by Crippen LogP contribution is 2.15. The van der Waals surface area contributed by atoms with Gasteiger partial charge in [-0.1, -0.05) is 44.2 Å². The Morgan fingerprint density at radius 1 is 1.00 bits per heavy atom. The van der Waals surface area contributed by atoms with Gasteiger partial charge in [0.25, 0.3) is 5.91 Å². The van der Waals surface area contributed by atoms with E-state index in [4.69, 9.17) is 0 Å². The van der Waals surface area contributed by atoms with E-state index >= 15 is 0 Å². The summed E-state index contributed by atoms with van der Waals surface area (Å²) in [7, 11) is 0. The van der Waals surface area contributed by atoms with Crippen molar-refractivity contribution < 1.29 is 23.1 Å². The molecule has 28 heavy (non-hydrogen) atoms. The standard InChI is InChI=1S/C21H24F2N2O3/c1-14(2)18(25-19(26)16-6-4-3-5-7-16)20(27)24-13-12-15-8-10-17(11-9-15)28-21(22)23/h3-11,14,18,21H,12-13H2,1-2H3,(H,24,27)(H,25,26). The number of nitrogens with one attached hydrogen (secondary N) is 2. The second kappa shape index (κ2) is 10.4. The van der Waals surface area contributed by atoms with Crippen molar-refractivity contribution >= 4 is 11.8 Å². The van der Waals surface area contributed by atoms with Crippen LogP contribution in [0.25, 0.3) is 0 Å². The first-order valence-electron chi connectivity index (χ1n) is 9.04. The van der Waals surface area contributed by atoms with E-state index in [-0.39, 0.29) is 23.5 Å². The van der Waals surface area contributed by atoms with Crippen LogP contribution in [0.4, 0.5) is 8.78 Å². The molecule has 7 heteroatoms. The minimum atomic E-state index is -2.86. The number of ether oxygens (including phenoxy) is 1. The maximum Gasteiger partial charge on any atom is 0.387 e. The van der Waals surface area contributed by atoms with E-state index in [0.29, 0.717) is 18.5 Å². The van der Waals surface area contributed by atoms with E-state index in [2.05, 4.69) is 15.4 Å². The van der Waals surface area contributed by atoms with Crippen LogP contribution in [0.5, 0.6) is 5.75 Å². The predicted molar refractivity (Wildman–Crippen MR) is 102 cm³/mol. The molecule has 0 saturated carbocycles. The number of rotatable bonds is 9. The van der Waals surface area contributed by atoms with Crippen molar-refractivity contribution in [1.29, 1.82) is 0 Å². The molecule has 0 spiro atoms. The highest BCUT2D eigenvalue weighted by atomic mass is 19.3. The molecule has 0 bridgehead atoms. The van der Waals surface area contributed by atoms with Crippen LogP contribution in [0.3, 0.4) is 0 Å². The normalized spacial score (nSPS) is 11.9. The highest BCUT2D eigenvalue weighted by molar-refractivity contribution is 5.97. The van der Waals surface area contributed by atoms with Crippen LogP contribution in [0.1, 0.15) is 29.8 Å². The first-order valence-corrected chi connectivity index (χ1v) is 9.04. The van der Waals surface area contributed by atoms with Crippen LogP contribution in [0, 0.1) is 5.92 Å². The number of benzene rings is 2. The summed E-state index contributed by atoms with van der Waals surface area (Å²) < 4.78 is 28.6. The average molecular weight is 390 g/mol. The lowest BCUT2D eigenvalue weighted by atomic mass is 10.0. The Morgan fingerprint density at radius 3 is 2.21 bits per heavy atom. The monoisotopic (exact) mass is 390 g/mol. The molecule has 2 rings (SSSR count). The van der Waals surface area contributed by atoms with Gasteiger partial charge in [0.1, 0.15) is 11.8 Å². The van der Waals surface area contributed by atoms with Crippen LogP contribution in [-0.2, 0) is 11.2 Å². The molecule has 2 amide bonds. The van der Waals surface area contributed by atoms with Crippen LogP contribution < -0.4 is 15.4 Å². The minimum absolute atomic E-state index is 0.0848. The molecule has 0 aliphatic rings. The summed E-state index contributed by atoms with van der Waals surface area (Å²) >= 11 is 0. The third-order valence-electron chi connectivity index (χ3n) is 4.13. The fourth-order valence-electron chi connectivity index (χ4n) is 2.63. The summed E-state index contributed by atoms with van der Waals surface area (Å²) in [5, 5.41) is 5.58. The summed E-state index contributed by atoms with van der Waals surface area (Å²) in [5.41, 5.74) is 1.36. The second-order valence-corrected chi connectivity index (χ2v) is 6.62. The van der Waals surface area contributed by atoms with Gasteiger partial charge >= 0.3 is 6.61 Å². The van der Waals surface area contributed by atoms with Gasteiger partial charge in [0, 0.05) is 12.1 Å². The minimum Gasteiger partial charge on any atom is -0.435 e. The van der Waals surface area contributed by atoms with Crippen molar-refractivity contribution in [2.24, 2.45) is 5.92 Å². The number of carbonyl (C=O) groups is 2. The molecule has 150 valence electrons. The van der Waals surface area contributed by atoms with Crippen molar-refractivity contribution in [2.45, 2.75) is 32.9 Å². The molecule has 0 saturated heterocycles. The largest absolute Gasteiger partial charge is 0.435 e.